The number of carbonyl (C=O) groups excluding carboxylic acids is 6. The maximum absolute atomic E-state index is 13.9. The first kappa shape index (κ1) is 42.2. The number of esters is 2. The third-order valence-electron chi connectivity index (χ3n) is 9.37. The zero-order valence-electron chi connectivity index (χ0n) is 33.2. The normalized spacial score (nSPS) is 16.6. The van der Waals surface area contributed by atoms with Gasteiger partial charge in [0.05, 0.1) is 12.3 Å². The molecule has 2 aliphatic rings. The summed E-state index contributed by atoms with van der Waals surface area (Å²) in [5, 5.41) is 7.26. The topological polar surface area (TPSA) is 179 Å². The van der Waals surface area contributed by atoms with Gasteiger partial charge in [0.1, 0.15) is 24.3 Å². The minimum Gasteiger partial charge on any atom is -0.464 e. The number of hydrogen-bond acceptors (Lipinski definition) is 11. The van der Waals surface area contributed by atoms with Crippen molar-refractivity contribution in [2.24, 2.45) is 0 Å². The average Bonchev–Trinajstić information content (AvgIpc) is 3.86. The van der Waals surface area contributed by atoms with Crippen LogP contribution < -0.4 is 10.1 Å². The molecule has 1 aromatic heterocycles. The van der Waals surface area contributed by atoms with Crippen LogP contribution >= 0.6 is 0 Å². The number of piperazine rings is 1. The van der Waals surface area contributed by atoms with Crippen LogP contribution in [0.1, 0.15) is 76.4 Å². The van der Waals surface area contributed by atoms with Gasteiger partial charge in [0.25, 0.3) is 11.8 Å². The Kier molecular flexibility index (Phi) is 14.3. The number of aromatic nitrogens is 2. The van der Waals surface area contributed by atoms with Crippen LogP contribution in [0.4, 0.5) is 4.79 Å². The highest BCUT2D eigenvalue weighted by Gasteiger charge is 2.38. The molecule has 4 amide bonds. The lowest BCUT2D eigenvalue weighted by atomic mass is 10.1. The summed E-state index contributed by atoms with van der Waals surface area (Å²) >= 11 is 0. The second kappa shape index (κ2) is 19.3. The number of carbonyl (C=O) groups is 6. The number of likely N-dealkylation sites (tertiary alicyclic amines) is 1. The molecule has 57 heavy (non-hydrogen) atoms. The van der Waals surface area contributed by atoms with Crippen LogP contribution in [-0.2, 0) is 40.0 Å². The molecule has 0 aliphatic carbocycles. The molecule has 16 heteroatoms. The average molecular weight is 789 g/mol. The molecule has 0 spiro atoms. The molecular weight excluding hydrogens is 736 g/mol. The second-order valence-electron chi connectivity index (χ2n) is 14.8. The molecule has 1 N–H and O–H groups in total. The quantitative estimate of drug-likeness (QED) is 0.185. The molecule has 3 heterocycles. The van der Waals surface area contributed by atoms with Crippen LogP contribution in [0.3, 0.4) is 0 Å². The molecule has 0 unspecified atom stereocenters. The van der Waals surface area contributed by atoms with Gasteiger partial charge < -0.3 is 39.0 Å². The summed E-state index contributed by atoms with van der Waals surface area (Å²) in [7, 11) is 0. The van der Waals surface area contributed by atoms with Crippen molar-refractivity contribution < 1.29 is 47.7 Å². The van der Waals surface area contributed by atoms with E-state index in [0.717, 1.165) is 5.56 Å². The molecule has 3 aromatic rings. The first-order valence-corrected chi connectivity index (χ1v) is 19.3. The fraction of sp³-hybridized carbons (Fsp3) is 0.488. The number of benzene rings is 2. The van der Waals surface area contributed by atoms with E-state index in [0.29, 0.717) is 25.1 Å². The van der Waals surface area contributed by atoms with Crippen LogP contribution in [0.15, 0.2) is 66.7 Å². The van der Waals surface area contributed by atoms with E-state index in [2.05, 4.69) is 10.4 Å². The van der Waals surface area contributed by atoms with Crippen LogP contribution in [-0.4, -0.2) is 123 Å². The van der Waals surface area contributed by atoms with Crippen LogP contribution in [0.5, 0.6) is 5.88 Å². The first-order valence-electron chi connectivity index (χ1n) is 19.3. The lowest BCUT2D eigenvalue weighted by Crippen LogP contribution is -2.56. The largest absolute Gasteiger partial charge is 0.464 e. The van der Waals surface area contributed by atoms with Crippen molar-refractivity contribution in [3.63, 3.8) is 0 Å². The standard InChI is InChI=1S/C41H52N6O10/c1-6-54-40(53)45-24-22-44(23-25-45)38(51)31(19-20-35(48)57-41(3,4)5)42-36(49)32-26-34(47(43-32)30-16-11-8-12-17-30)56-28(2)37(50)46-21-13-18-33(46)39(52)55-27-29-14-9-7-10-15-29/h7-12,14-17,26,28,31,33H,6,13,18-25,27H2,1-5H3,(H,42,49)/t28-,31-,33-/m0/s1. The zero-order chi connectivity index (χ0) is 41.1. The maximum atomic E-state index is 13.9. The van der Waals surface area contributed by atoms with Crippen LogP contribution in [0, 0.1) is 0 Å². The fourth-order valence-corrected chi connectivity index (χ4v) is 6.57. The van der Waals surface area contributed by atoms with Crippen molar-refractivity contribution >= 4 is 35.8 Å². The van der Waals surface area contributed by atoms with Crippen molar-refractivity contribution in [3.05, 3.63) is 78.0 Å². The molecule has 2 aliphatic heterocycles. The van der Waals surface area contributed by atoms with Gasteiger partial charge in [-0.1, -0.05) is 48.5 Å². The fourth-order valence-electron chi connectivity index (χ4n) is 6.57. The number of para-hydroxylation sites is 1. The van der Waals surface area contributed by atoms with Crippen molar-refractivity contribution in [2.45, 2.75) is 90.7 Å². The number of hydrogen-bond donors (Lipinski definition) is 1. The van der Waals surface area contributed by atoms with Gasteiger partial charge in [-0.25, -0.2) is 14.3 Å². The van der Waals surface area contributed by atoms with E-state index >= 15 is 0 Å². The van der Waals surface area contributed by atoms with Gasteiger partial charge >= 0.3 is 18.0 Å². The summed E-state index contributed by atoms with van der Waals surface area (Å²) in [6.07, 6.45) is -0.696. The van der Waals surface area contributed by atoms with E-state index in [1.807, 2.05) is 36.4 Å². The summed E-state index contributed by atoms with van der Waals surface area (Å²) in [6.45, 7) is 10.0. The van der Waals surface area contributed by atoms with Gasteiger partial charge in [0, 0.05) is 45.2 Å². The van der Waals surface area contributed by atoms with E-state index in [4.69, 9.17) is 18.9 Å². The Hall–Kier alpha value is -5.93. The molecule has 2 fully saturated rings. The van der Waals surface area contributed by atoms with Crippen LogP contribution in [0.2, 0.25) is 0 Å². The molecule has 0 saturated carbocycles. The summed E-state index contributed by atoms with van der Waals surface area (Å²) < 4.78 is 23.7. The predicted molar refractivity (Wildman–Crippen MR) is 206 cm³/mol. The Labute approximate surface area is 332 Å². The Morgan fingerprint density at radius 2 is 1.51 bits per heavy atom. The molecule has 3 atom stereocenters. The minimum atomic E-state index is -1.14. The Morgan fingerprint density at radius 1 is 0.860 bits per heavy atom. The molecule has 2 saturated heterocycles. The SMILES string of the molecule is CCOC(=O)N1CCN(C(=O)[C@H](CCC(=O)OC(C)(C)C)NC(=O)c2cc(O[C@@H](C)C(=O)N3CCC[C@H]3C(=O)OCc3ccccc3)n(-c3ccccc3)n2)CC1. The first-order chi connectivity index (χ1) is 27.2. The second-order valence-corrected chi connectivity index (χ2v) is 14.8. The van der Waals surface area contributed by atoms with E-state index < -0.39 is 59.5 Å². The Balaban J connectivity index is 1.31. The number of amides is 4. The summed E-state index contributed by atoms with van der Waals surface area (Å²) in [5.74, 6) is -2.55. The minimum absolute atomic E-state index is 0.0589. The van der Waals surface area contributed by atoms with E-state index in [1.165, 1.54) is 25.4 Å². The van der Waals surface area contributed by atoms with Gasteiger partial charge in [-0.15, -0.1) is 0 Å². The highest BCUT2D eigenvalue weighted by atomic mass is 16.6. The van der Waals surface area contributed by atoms with E-state index in [9.17, 15) is 28.8 Å². The third-order valence-corrected chi connectivity index (χ3v) is 9.37. The summed E-state index contributed by atoms with van der Waals surface area (Å²) in [6, 6.07) is 17.6. The third kappa shape index (κ3) is 11.6. The van der Waals surface area contributed by atoms with Crippen molar-refractivity contribution in [1.29, 1.82) is 0 Å². The van der Waals surface area contributed by atoms with Crippen LogP contribution in [0.25, 0.3) is 5.69 Å². The molecular formula is C41H52N6O10. The molecule has 306 valence electrons. The zero-order valence-corrected chi connectivity index (χ0v) is 33.2. The van der Waals surface area contributed by atoms with Crippen molar-refractivity contribution in [3.8, 4) is 11.6 Å². The maximum Gasteiger partial charge on any atom is 0.409 e. The predicted octanol–water partition coefficient (Wildman–Crippen LogP) is 3.90. The summed E-state index contributed by atoms with van der Waals surface area (Å²) in [5.41, 5.74) is 0.509. The van der Waals surface area contributed by atoms with Crippen molar-refractivity contribution in [2.75, 3.05) is 39.3 Å². The molecule has 2 aromatic carbocycles. The highest BCUT2D eigenvalue weighted by molar-refractivity contribution is 5.96. The molecule has 16 nitrogen and oxygen atoms in total. The van der Waals surface area contributed by atoms with Gasteiger partial charge in [-0.2, -0.15) is 5.10 Å². The monoisotopic (exact) mass is 788 g/mol. The van der Waals surface area contributed by atoms with Gasteiger partial charge in [-0.3, -0.25) is 19.2 Å². The molecule has 0 bridgehead atoms. The lowest BCUT2D eigenvalue weighted by molar-refractivity contribution is -0.156. The Bertz CT molecular complexity index is 1870. The number of nitrogens with one attached hydrogen (secondary N) is 1. The number of nitrogens with zero attached hydrogens (tertiary/aromatic N) is 5. The van der Waals surface area contributed by atoms with E-state index in [-0.39, 0.29) is 63.8 Å². The number of ether oxygens (including phenoxy) is 4. The van der Waals surface area contributed by atoms with Gasteiger partial charge in [-0.05, 0) is 71.6 Å². The van der Waals surface area contributed by atoms with Gasteiger partial charge in [0.15, 0.2) is 11.8 Å². The summed E-state index contributed by atoms with van der Waals surface area (Å²) in [4.78, 5) is 84.1. The van der Waals surface area contributed by atoms with E-state index in [1.54, 1.807) is 58.9 Å². The molecule has 0 radical (unpaired) electrons. The van der Waals surface area contributed by atoms with Gasteiger partial charge in [0.2, 0.25) is 11.8 Å². The smallest absolute Gasteiger partial charge is 0.409 e. The Morgan fingerprint density at radius 3 is 2.16 bits per heavy atom. The lowest BCUT2D eigenvalue weighted by Gasteiger charge is -2.36. The highest BCUT2D eigenvalue weighted by Crippen LogP contribution is 2.25. The molecule has 5 rings (SSSR count). The number of rotatable bonds is 14. The van der Waals surface area contributed by atoms with Crippen molar-refractivity contribution in [1.82, 2.24) is 29.8 Å².